The number of rotatable bonds is 3. The van der Waals surface area contributed by atoms with Crippen LogP contribution >= 0.6 is 0 Å². The number of nitrogen functional groups attached to an aromatic ring is 1. The first-order chi connectivity index (χ1) is 9.06. The fraction of sp³-hybridized carbons (Fsp3) is 0.143. The molecule has 5 heteroatoms. The normalized spacial score (nSPS) is 10.3. The minimum absolute atomic E-state index is 0.380. The SMILES string of the molecule is COc1ccc(-c2cc(F)c(N)c(F)c2)cc1OC. The van der Waals surface area contributed by atoms with Gasteiger partial charge in [-0.1, -0.05) is 6.07 Å². The van der Waals surface area contributed by atoms with E-state index < -0.39 is 17.3 Å². The summed E-state index contributed by atoms with van der Waals surface area (Å²) in [7, 11) is 3.01. The number of nitrogens with two attached hydrogens (primary N) is 1. The number of hydrogen-bond donors (Lipinski definition) is 1. The number of halogens is 2. The molecule has 19 heavy (non-hydrogen) atoms. The van der Waals surface area contributed by atoms with Crippen molar-refractivity contribution in [3.63, 3.8) is 0 Å². The quantitative estimate of drug-likeness (QED) is 0.866. The number of ether oxygens (including phenoxy) is 2. The molecule has 2 rings (SSSR count). The molecule has 0 aromatic heterocycles. The Kier molecular flexibility index (Phi) is 3.55. The zero-order valence-electron chi connectivity index (χ0n) is 10.5. The van der Waals surface area contributed by atoms with E-state index in [1.165, 1.54) is 26.4 Å². The zero-order chi connectivity index (χ0) is 14.0. The molecule has 0 saturated heterocycles. The van der Waals surface area contributed by atoms with Gasteiger partial charge in [0.15, 0.2) is 11.5 Å². The lowest BCUT2D eigenvalue weighted by atomic mass is 10.0. The monoisotopic (exact) mass is 265 g/mol. The molecule has 0 heterocycles. The summed E-state index contributed by atoms with van der Waals surface area (Å²) in [6, 6.07) is 7.36. The Bertz CT molecular complexity index is 591. The third-order valence-corrected chi connectivity index (χ3v) is 2.80. The van der Waals surface area contributed by atoms with Crippen LogP contribution in [0.2, 0.25) is 0 Å². The lowest BCUT2D eigenvalue weighted by Gasteiger charge is -2.10. The fourth-order valence-corrected chi connectivity index (χ4v) is 1.77. The second kappa shape index (κ2) is 5.14. The maximum Gasteiger partial charge on any atom is 0.161 e. The molecule has 2 aromatic carbocycles. The maximum absolute atomic E-state index is 13.4. The highest BCUT2D eigenvalue weighted by molar-refractivity contribution is 5.69. The average molecular weight is 265 g/mol. The molecule has 0 saturated carbocycles. The predicted octanol–water partition coefficient (Wildman–Crippen LogP) is 3.23. The average Bonchev–Trinajstić information content (AvgIpc) is 2.43. The molecule has 0 fully saturated rings. The van der Waals surface area contributed by atoms with Crippen LogP contribution in [0.5, 0.6) is 11.5 Å². The van der Waals surface area contributed by atoms with Crippen molar-refractivity contribution in [2.24, 2.45) is 0 Å². The Balaban J connectivity index is 2.53. The first-order valence-electron chi connectivity index (χ1n) is 5.53. The summed E-state index contributed by atoms with van der Waals surface area (Å²) < 4.78 is 37.1. The molecule has 0 aliphatic carbocycles. The van der Waals surface area contributed by atoms with Gasteiger partial charge in [-0.05, 0) is 35.4 Å². The van der Waals surface area contributed by atoms with Crippen molar-refractivity contribution in [1.29, 1.82) is 0 Å². The standard InChI is InChI=1S/C14H13F2NO2/c1-18-12-4-3-8(7-13(12)19-2)9-5-10(15)14(17)11(16)6-9/h3-7H,17H2,1-2H3. The molecular formula is C14H13F2NO2. The molecule has 100 valence electrons. The van der Waals surface area contributed by atoms with Gasteiger partial charge in [0.2, 0.25) is 0 Å². The first kappa shape index (κ1) is 13.1. The molecule has 0 amide bonds. The molecule has 0 aliphatic rings. The van der Waals surface area contributed by atoms with Crippen LogP contribution in [0.1, 0.15) is 0 Å². The molecular weight excluding hydrogens is 252 g/mol. The molecule has 0 atom stereocenters. The van der Waals surface area contributed by atoms with Gasteiger partial charge in [0, 0.05) is 0 Å². The van der Waals surface area contributed by atoms with Gasteiger partial charge < -0.3 is 15.2 Å². The van der Waals surface area contributed by atoms with Crippen molar-refractivity contribution >= 4 is 5.69 Å². The van der Waals surface area contributed by atoms with E-state index in [2.05, 4.69) is 0 Å². The second-order valence-electron chi connectivity index (χ2n) is 3.92. The van der Waals surface area contributed by atoms with E-state index >= 15 is 0 Å². The van der Waals surface area contributed by atoms with Gasteiger partial charge in [-0.2, -0.15) is 0 Å². The lowest BCUT2D eigenvalue weighted by molar-refractivity contribution is 0.355. The van der Waals surface area contributed by atoms with Crippen molar-refractivity contribution in [2.75, 3.05) is 20.0 Å². The van der Waals surface area contributed by atoms with Gasteiger partial charge in [-0.3, -0.25) is 0 Å². The Hall–Kier alpha value is -2.30. The van der Waals surface area contributed by atoms with Crippen LogP contribution in [-0.4, -0.2) is 14.2 Å². The van der Waals surface area contributed by atoms with Crippen LogP contribution in [0.3, 0.4) is 0 Å². The molecule has 0 bridgehead atoms. The van der Waals surface area contributed by atoms with Crippen molar-refractivity contribution < 1.29 is 18.3 Å². The molecule has 0 aliphatic heterocycles. The van der Waals surface area contributed by atoms with Gasteiger partial charge in [-0.15, -0.1) is 0 Å². The summed E-state index contributed by atoms with van der Waals surface area (Å²) in [5, 5.41) is 0. The maximum atomic E-state index is 13.4. The summed E-state index contributed by atoms with van der Waals surface area (Å²) in [4.78, 5) is 0. The molecule has 0 unspecified atom stereocenters. The highest BCUT2D eigenvalue weighted by atomic mass is 19.1. The van der Waals surface area contributed by atoms with Crippen LogP contribution in [0, 0.1) is 11.6 Å². The Morgan fingerprint density at radius 3 is 1.95 bits per heavy atom. The molecule has 2 aromatic rings. The van der Waals surface area contributed by atoms with Gasteiger partial charge in [0.1, 0.15) is 17.3 Å². The summed E-state index contributed by atoms with van der Waals surface area (Å²) in [6.45, 7) is 0. The van der Waals surface area contributed by atoms with Crippen molar-refractivity contribution in [3.05, 3.63) is 42.0 Å². The van der Waals surface area contributed by atoms with Crippen LogP contribution in [-0.2, 0) is 0 Å². The first-order valence-corrected chi connectivity index (χ1v) is 5.53. The predicted molar refractivity (Wildman–Crippen MR) is 69.3 cm³/mol. The Labute approximate surface area is 109 Å². The minimum atomic E-state index is -0.787. The largest absolute Gasteiger partial charge is 0.493 e. The van der Waals surface area contributed by atoms with Crippen LogP contribution in [0.15, 0.2) is 30.3 Å². The van der Waals surface area contributed by atoms with E-state index in [1.807, 2.05) is 0 Å². The molecule has 0 radical (unpaired) electrons. The lowest BCUT2D eigenvalue weighted by Crippen LogP contribution is -1.96. The zero-order valence-corrected chi connectivity index (χ0v) is 10.5. The number of anilines is 1. The van der Waals surface area contributed by atoms with E-state index in [0.29, 0.717) is 22.6 Å². The fourth-order valence-electron chi connectivity index (χ4n) is 1.77. The third-order valence-electron chi connectivity index (χ3n) is 2.80. The third kappa shape index (κ3) is 2.45. The Morgan fingerprint density at radius 2 is 1.42 bits per heavy atom. The van der Waals surface area contributed by atoms with E-state index in [9.17, 15) is 8.78 Å². The van der Waals surface area contributed by atoms with E-state index in [1.54, 1.807) is 18.2 Å². The van der Waals surface area contributed by atoms with E-state index in [-0.39, 0.29) is 0 Å². The van der Waals surface area contributed by atoms with Crippen LogP contribution < -0.4 is 15.2 Å². The number of hydrogen-bond acceptors (Lipinski definition) is 3. The molecule has 0 spiro atoms. The summed E-state index contributed by atoms with van der Waals surface area (Å²) >= 11 is 0. The summed E-state index contributed by atoms with van der Waals surface area (Å²) in [5.41, 5.74) is 5.74. The topological polar surface area (TPSA) is 44.5 Å². The summed E-state index contributed by atoms with van der Waals surface area (Å²) in [5.74, 6) is -0.546. The summed E-state index contributed by atoms with van der Waals surface area (Å²) in [6.07, 6.45) is 0. The van der Waals surface area contributed by atoms with Crippen LogP contribution in [0.25, 0.3) is 11.1 Å². The van der Waals surface area contributed by atoms with Gasteiger partial charge in [0.25, 0.3) is 0 Å². The molecule has 2 N–H and O–H groups in total. The number of methoxy groups -OCH3 is 2. The van der Waals surface area contributed by atoms with Crippen molar-refractivity contribution in [1.82, 2.24) is 0 Å². The van der Waals surface area contributed by atoms with Gasteiger partial charge in [0.05, 0.1) is 14.2 Å². The van der Waals surface area contributed by atoms with Crippen molar-refractivity contribution in [2.45, 2.75) is 0 Å². The van der Waals surface area contributed by atoms with Crippen molar-refractivity contribution in [3.8, 4) is 22.6 Å². The molecule has 3 nitrogen and oxygen atoms in total. The van der Waals surface area contributed by atoms with Crippen LogP contribution in [0.4, 0.5) is 14.5 Å². The van der Waals surface area contributed by atoms with E-state index in [4.69, 9.17) is 15.2 Å². The van der Waals surface area contributed by atoms with Gasteiger partial charge in [-0.25, -0.2) is 8.78 Å². The highest BCUT2D eigenvalue weighted by Crippen LogP contribution is 2.33. The van der Waals surface area contributed by atoms with E-state index in [0.717, 1.165) is 0 Å². The Morgan fingerprint density at radius 1 is 0.842 bits per heavy atom. The second-order valence-corrected chi connectivity index (χ2v) is 3.92. The smallest absolute Gasteiger partial charge is 0.161 e. The minimum Gasteiger partial charge on any atom is -0.493 e. The number of benzene rings is 2. The highest BCUT2D eigenvalue weighted by Gasteiger charge is 2.11. The van der Waals surface area contributed by atoms with Gasteiger partial charge >= 0.3 is 0 Å².